The molecule has 0 aliphatic carbocycles. The summed E-state index contributed by atoms with van der Waals surface area (Å²) >= 11 is 3.25. The highest BCUT2D eigenvalue weighted by molar-refractivity contribution is 9.10. The molecule has 1 fully saturated rings. The molecular weight excluding hydrogens is 298 g/mol. The molecule has 18 heavy (non-hydrogen) atoms. The number of halogens is 1. The fraction of sp³-hybridized carbons (Fsp3) is 0.667. The maximum absolute atomic E-state index is 11.8. The van der Waals surface area contributed by atoms with Gasteiger partial charge in [0.1, 0.15) is 4.47 Å². The van der Waals surface area contributed by atoms with Gasteiger partial charge in [-0.2, -0.15) is 0 Å². The van der Waals surface area contributed by atoms with E-state index in [9.17, 15) is 4.79 Å². The molecule has 0 spiro atoms. The molecule has 5 nitrogen and oxygen atoms in total. The Hall–Kier alpha value is -0.880. The zero-order valence-corrected chi connectivity index (χ0v) is 12.1. The predicted octanol–water partition coefficient (Wildman–Crippen LogP) is 2.06. The van der Waals surface area contributed by atoms with Crippen LogP contribution in [0.3, 0.4) is 0 Å². The van der Waals surface area contributed by atoms with E-state index in [1.165, 1.54) is 12.8 Å². The topological polar surface area (TPSA) is 58.2 Å². The summed E-state index contributed by atoms with van der Waals surface area (Å²) in [6, 6.07) is 0. The van der Waals surface area contributed by atoms with Crippen molar-refractivity contribution < 1.29 is 4.74 Å². The monoisotopic (exact) mass is 315 g/mol. The molecule has 6 heteroatoms. The van der Waals surface area contributed by atoms with Crippen LogP contribution in [0.1, 0.15) is 31.4 Å². The third-order valence-corrected chi connectivity index (χ3v) is 3.92. The molecule has 0 amide bonds. The van der Waals surface area contributed by atoms with Gasteiger partial charge in [-0.3, -0.25) is 9.78 Å². The Morgan fingerprint density at radius 3 is 2.61 bits per heavy atom. The fourth-order valence-electron chi connectivity index (χ4n) is 2.16. The van der Waals surface area contributed by atoms with Crippen molar-refractivity contribution in [3.05, 3.63) is 20.5 Å². The summed E-state index contributed by atoms with van der Waals surface area (Å²) in [5.74, 6) is 0.664. The largest absolute Gasteiger partial charge is 0.378 e. The average molecular weight is 316 g/mol. The molecule has 0 radical (unpaired) electrons. The summed E-state index contributed by atoms with van der Waals surface area (Å²) in [4.78, 5) is 21.3. The van der Waals surface area contributed by atoms with E-state index in [2.05, 4.69) is 30.8 Å². The number of ether oxygens (including phenoxy) is 1. The van der Waals surface area contributed by atoms with Crippen LogP contribution < -0.4 is 10.5 Å². The molecule has 2 rings (SSSR count). The number of hydrogen-bond donors (Lipinski definition) is 1. The minimum Gasteiger partial charge on any atom is -0.378 e. The molecule has 0 atom stereocenters. The molecule has 0 aromatic carbocycles. The molecule has 1 aliphatic heterocycles. The maximum atomic E-state index is 11.8. The van der Waals surface area contributed by atoms with Crippen LogP contribution in [0.4, 0.5) is 5.95 Å². The fourth-order valence-corrected chi connectivity index (χ4v) is 2.46. The van der Waals surface area contributed by atoms with Gasteiger partial charge in [0.05, 0.1) is 12.3 Å². The molecule has 1 N–H and O–H groups in total. The highest BCUT2D eigenvalue weighted by Crippen LogP contribution is 2.17. The first-order chi connectivity index (χ1) is 8.72. The average Bonchev–Trinajstić information content (AvgIpc) is 2.63. The first kappa shape index (κ1) is 13.5. The van der Waals surface area contributed by atoms with Gasteiger partial charge < -0.3 is 9.64 Å². The molecule has 0 unspecified atom stereocenters. The van der Waals surface area contributed by atoms with Crippen LogP contribution in [-0.2, 0) is 11.3 Å². The molecule has 1 aliphatic rings. The Kier molecular flexibility index (Phi) is 4.77. The first-order valence-electron chi connectivity index (χ1n) is 6.25. The van der Waals surface area contributed by atoms with Crippen LogP contribution >= 0.6 is 15.9 Å². The van der Waals surface area contributed by atoms with E-state index < -0.39 is 0 Å². The maximum Gasteiger partial charge on any atom is 0.266 e. The summed E-state index contributed by atoms with van der Waals surface area (Å²) < 4.78 is 5.53. The predicted molar refractivity (Wildman–Crippen MR) is 74.0 cm³/mol. The van der Waals surface area contributed by atoms with Crippen LogP contribution in [0.25, 0.3) is 0 Å². The van der Waals surface area contributed by atoms with Crippen molar-refractivity contribution in [2.75, 3.05) is 25.1 Å². The quantitative estimate of drug-likeness (QED) is 0.927. The van der Waals surface area contributed by atoms with E-state index in [0.717, 1.165) is 25.9 Å². The second-order valence-corrected chi connectivity index (χ2v) is 5.28. The Bertz CT molecular complexity index is 453. The number of anilines is 1. The zero-order chi connectivity index (χ0) is 13.0. The van der Waals surface area contributed by atoms with Gasteiger partial charge in [-0.15, -0.1) is 0 Å². The number of aromatic amines is 1. The Morgan fingerprint density at radius 1 is 1.33 bits per heavy atom. The summed E-state index contributed by atoms with van der Waals surface area (Å²) in [7, 11) is 1.60. The van der Waals surface area contributed by atoms with Crippen molar-refractivity contribution in [2.45, 2.75) is 32.3 Å². The lowest BCUT2D eigenvalue weighted by molar-refractivity contribution is 0.180. The van der Waals surface area contributed by atoms with Crippen molar-refractivity contribution in [3.63, 3.8) is 0 Å². The van der Waals surface area contributed by atoms with Crippen molar-refractivity contribution in [3.8, 4) is 0 Å². The van der Waals surface area contributed by atoms with Crippen LogP contribution in [0, 0.1) is 0 Å². The van der Waals surface area contributed by atoms with Gasteiger partial charge in [0.15, 0.2) is 0 Å². The summed E-state index contributed by atoms with van der Waals surface area (Å²) in [5.41, 5.74) is 0.511. The lowest BCUT2D eigenvalue weighted by atomic mass is 10.2. The van der Waals surface area contributed by atoms with Crippen molar-refractivity contribution in [1.82, 2.24) is 9.97 Å². The summed E-state index contributed by atoms with van der Waals surface area (Å²) in [6.45, 7) is 2.25. The van der Waals surface area contributed by atoms with E-state index in [4.69, 9.17) is 4.74 Å². The van der Waals surface area contributed by atoms with Gasteiger partial charge in [-0.25, -0.2) is 4.98 Å². The number of nitrogens with zero attached hydrogens (tertiary/aromatic N) is 2. The lowest BCUT2D eigenvalue weighted by Gasteiger charge is -2.21. The first-order valence-corrected chi connectivity index (χ1v) is 7.04. The highest BCUT2D eigenvalue weighted by atomic mass is 79.9. The molecular formula is C12H18BrN3O2. The van der Waals surface area contributed by atoms with E-state index >= 15 is 0 Å². The van der Waals surface area contributed by atoms with E-state index in [-0.39, 0.29) is 5.56 Å². The van der Waals surface area contributed by atoms with Gasteiger partial charge in [0.2, 0.25) is 5.95 Å². The summed E-state index contributed by atoms with van der Waals surface area (Å²) in [6.07, 6.45) is 4.81. The molecule has 1 saturated heterocycles. The number of H-pyrrole nitrogens is 1. The van der Waals surface area contributed by atoms with Crippen molar-refractivity contribution >= 4 is 21.9 Å². The van der Waals surface area contributed by atoms with Crippen LogP contribution in [-0.4, -0.2) is 30.2 Å². The number of nitrogens with one attached hydrogen (secondary N) is 1. The van der Waals surface area contributed by atoms with Gasteiger partial charge in [0, 0.05) is 20.2 Å². The van der Waals surface area contributed by atoms with Crippen LogP contribution in [0.15, 0.2) is 9.27 Å². The number of rotatable bonds is 3. The highest BCUT2D eigenvalue weighted by Gasteiger charge is 2.15. The third-order valence-electron chi connectivity index (χ3n) is 3.11. The van der Waals surface area contributed by atoms with Crippen LogP contribution in [0.2, 0.25) is 0 Å². The van der Waals surface area contributed by atoms with E-state index in [1.807, 2.05) is 0 Å². The Labute approximate surface area is 115 Å². The minimum absolute atomic E-state index is 0.142. The molecule has 1 aromatic rings. The Balaban J connectivity index is 2.29. The smallest absolute Gasteiger partial charge is 0.266 e. The number of aromatic nitrogens is 2. The molecule has 0 saturated carbocycles. The van der Waals surface area contributed by atoms with E-state index in [0.29, 0.717) is 22.7 Å². The molecule has 2 heterocycles. The number of methoxy groups -OCH3 is 1. The summed E-state index contributed by atoms with van der Waals surface area (Å²) in [5, 5.41) is 0. The van der Waals surface area contributed by atoms with Gasteiger partial charge in [-0.05, 0) is 28.8 Å². The second-order valence-electron chi connectivity index (χ2n) is 4.48. The standard InChI is InChI=1S/C12H18BrN3O2/c1-18-8-9-10(13)11(17)15-12(14-9)16-6-4-2-3-5-7-16/h2-8H2,1H3,(H,14,15,17). The van der Waals surface area contributed by atoms with E-state index in [1.54, 1.807) is 7.11 Å². The van der Waals surface area contributed by atoms with Crippen LogP contribution in [0.5, 0.6) is 0 Å². The Morgan fingerprint density at radius 2 is 2.00 bits per heavy atom. The molecule has 100 valence electrons. The zero-order valence-electron chi connectivity index (χ0n) is 10.5. The third kappa shape index (κ3) is 3.11. The van der Waals surface area contributed by atoms with Gasteiger partial charge in [-0.1, -0.05) is 12.8 Å². The molecule has 0 bridgehead atoms. The normalized spacial score (nSPS) is 16.7. The second kappa shape index (κ2) is 6.33. The van der Waals surface area contributed by atoms with Gasteiger partial charge >= 0.3 is 0 Å². The SMILES string of the molecule is COCc1nc(N2CCCCCC2)[nH]c(=O)c1Br. The minimum atomic E-state index is -0.142. The van der Waals surface area contributed by atoms with Gasteiger partial charge in [0.25, 0.3) is 5.56 Å². The lowest BCUT2D eigenvalue weighted by Crippen LogP contribution is -2.29. The number of hydrogen-bond acceptors (Lipinski definition) is 4. The van der Waals surface area contributed by atoms with Crippen molar-refractivity contribution in [1.29, 1.82) is 0 Å². The molecule has 1 aromatic heterocycles. The van der Waals surface area contributed by atoms with Crippen molar-refractivity contribution in [2.24, 2.45) is 0 Å².